The standard InChI is InChI=1S/C61H66N4O10.2ClH/c1-41(2)51-49(38-48-29-28-43(37-42(48)3)19-16-17-35-65-36-18-30-61(40-65)31-33-62-34-32-61)55(64-63-51)75-60-54(74-59(69)47-26-14-7-15-27-47)53(73-58(68)46-24-12-6-13-25-46)52(72-57(67)45-22-10-5-11-23-45)50(71-60)39-70-56(66)44-20-8-4-9-21-44;;/h4-16,19-29,37,41,50,52-54,60,62H,17-18,30-36,38-40H2,1-3H3,(H,63,64);2*1H/b19-16+;;/t50-,52-,53+,54-,60-;;/m1../s1. The molecule has 16 heteroatoms. The molecule has 0 saturated carbocycles. The fourth-order valence-corrected chi connectivity index (χ4v) is 10.4. The molecule has 3 aliphatic rings. The average molecular weight is 1090 g/mol. The second kappa shape index (κ2) is 27.5. The molecule has 6 aromatic rings. The van der Waals surface area contributed by atoms with Gasteiger partial charge in [0.1, 0.15) is 12.7 Å². The van der Waals surface area contributed by atoms with Gasteiger partial charge in [0.25, 0.3) is 0 Å². The lowest BCUT2D eigenvalue weighted by atomic mass is 9.73. The summed E-state index contributed by atoms with van der Waals surface area (Å²) in [6.07, 6.45) is 3.35. The van der Waals surface area contributed by atoms with E-state index in [1.807, 2.05) is 13.8 Å². The highest BCUT2D eigenvalue weighted by Gasteiger charge is 2.55. The van der Waals surface area contributed by atoms with Gasteiger partial charge in [-0.1, -0.05) is 117 Å². The fraction of sp³-hybridized carbons (Fsp3) is 0.361. The lowest BCUT2D eigenvalue weighted by Gasteiger charge is -2.45. The maximum Gasteiger partial charge on any atom is 0.338 e. The first-order valence-corrected chi connectivity index (χ1v) is 26.1. The van der Waals surface area contributed by atoms with Crippen LogP contribution in [0.15, 0.2) is 146 Å². The Morgan fingerprint density at radius 1 is 0.714 bits per heavy atom. The number of aryl methyl sites for hydroxylation is 1. The summed E-state index contributed by atoms with van der Waals surface area (Å²) in [5.41, 5.74) is 6.02. The lowest BCUT2D eigenvalue weighted by molar-refractivity contribution is -0.276. The number of hydrogen-bond donors (Lipinski definition) is 2. The Kier molecular flexibility index (Phi) is 20.7. The van der Waals surface area contributed by atoms with E-state index >= 15 is 0 Å². The van der Waals surface area contributed by atoms with Crippen LogP contribution in [0.2, 0.25) is 0 Å². The summed E-state index contributed by atoms with van der Waals surface area (Å²) in [7, 11) is 0. The number of halogens is 2. The van der Waals surface area contributed by atoms with Crippen molar-refractivity contribution >= 4 is 54.8 Å². The average Bonchev–Trinajstić information content (AvgIpc) is 3.85. The minimum atomic E-state index is -1.60. The summed E-state index contributed by atoms with van der Waals surface area (Å²) in [5.74, 6) is -2.98. The molecule has 5 aromatic carbocycles. The van der Waals surface area contributed by atoms with Gasteiger partial charge in [0.15, 0.2) is 12.2 Å². The third-order valence-electron chi connectivity index (χ3n) is 14.5. The van der Waals surface area contributed by atoms with Gasteiger partial charge in [-0.25, -0.2) is 19.2 Å². The number of carbonyl (C=O) groups excluding carboxylic acids is 4. The van der Waals surface area contributed by atoms with Crippen LogP contribution in [0.5, 0.6) is 5.88 Å². The highest BCUT2D eigenvalue weighted by Crippen LogP contribution is 2.39. The molecular weight excluding hydrogens is 1020 g/mol. The topological polar surface area (TPSA) is 168 Å². The SMILES string of the molecule is Cc1cc(/C=C/CCN2CCCC3(CCNCC3)C2)ccc1Cc1c(O[C@H]2O[C@H](COC(=O)c3ccccc3)[C@@H](OC(=O)c3ccccc3)[C@H](OC(=O)c3ccccc3)[C@H]2OC(=O)c2ccccc2)n[nH]c1C(C)C.Cl.Cl. The van der Waals surface area contributed by atoms with Gasteiger partial charge in [-0.3, -0.25) is 5.10 Å². The Morgan fingerprint density at radius 2 is 1.26 bits per heavy atom. The molecule has 0 bridgehead atoms. The number of piperidine rings is 2. The molecule has 406 valence electrons. The van der Waals surface area contributed by atoms with Crippen molar-refractivity contribution in [3.63, 3.8) is 0 Å². The van der Waals surface area contributed by atoms with Crippen LogP contribution >= 0.6 is 24.8 Å². The largest absolute Gasteiger partial charge is 0.459 e. The molecule has 0 unspecified atom stereocenters. The fourth-order valence-electron chi connectivity index (χ4n) is 10.4. The van der Waals surface area contributed by atoms with Crippen molar-refractivity contribution in [1.82, 2.24) is 20.4 Å². The van der Waals surface area contributed by atoms with E-state index in [-0.39, 0.29) is 58.9 Å². The van der Waals surface area contributed by atoms with Crippen LogP contribution in [0.1, 0.15) is 121 Å². The van der Waals surface area contributed by atoms with Gasteiger partial charge < -0.3 is 38.6 Å². The van der Waals surface area contributed by atoms with Crippen LogP contribution in [0.25, 0.3) is 6.08 Å². The molecule has 0 aliphatic carbocycles. The van der Waals surface area contributed by atoms with Crippen molar-refractivity contribution in [3.05, 3.63) is 196 Å². The van der Waals surface area contributed by atoms with E-state index in [4.69, 9.17) is 28.4 Å². The molecule has 9 rings (SSSR count). The normalized spacial score (nSPS) is 20.1. The van der Waals surface area contributed by atoms with Crippen LogP contribution in [-0.4, -0.2) is 109 Å². The predicted molar refractivity (Wildman–Crippen MR) is 298 cm³/mol. The minimum absolute atomic E-state index is 0. The molecule has 3 aliphatic heterocycles. The van der Waals surface area contributed by atoms with Gasteiger partial charge in [-0.05, 0) is 135 Å². The van der Waals surface area contributed by atoms with E-state index in [0.717, 1.165) is 54.0 Å². The Morgan fingerprint density at radius 3 is 1.82 bits per heavy atom. The van der Waals surface area contributed by atoms with E-state index in [1.54, 1.807) is 121 Å². The number of rotatable bonds is 18. The number of likely N-dealkylation sites (tertiary alicyclic amines) is 1. The molecule has 3 saturated heterocycles. The zero-order valence-corrected chi connectivity index (χ0v) is 45.3. The number of H-pyrrole nitrogens is 1. The lowest BCUT2D eigenvalue weighted by Crippen LogP contribution is -2.64. The van der Waals surface area contributed by atoms with E-state index in [9.17, 15) is 19.2 Å². The molecule has 1 spiro atoms. The van der Waals surface area contributed by atoms with Gasteiger partial charge in [0, 0.05) is 30.8 Å². The molecule has 14 nitrogen and oxygen atoms in total. The number of nitrogens with one attached hydrogen (secondary N) is 2. The number of carbonyl (C=O) groups is 4. The number of esters is 4. The highest BCUT2D eigenvalue weighted by atomic mass is 35.5. The molecule has 3 fully saturated rings. The van der Waals surface area contributed by atoms with Gasteiger partial charge in [0.05, 0.1) is 22.3 Å². The Hall–Kier alpha value is -6.81. The molecule has 5 atom stereocenters. The van der Waals surface area contributed by atoms with Crippen LogP contribution in [-0.2, 0) is 30.1 Å². The van der Waals surface area contributed by atoms with Crippen molar-refractivity contribution in [2.45, 2.75) is 95.9 Å². The summed E-state index contributed by atoms with van der Waals surface area (Å²) in [5, 5.41) is 11.4. The monoisotopic (exact) mass is 1090 g/mol. The number of aromatic nitrogens is 2. The summed E-state index contributed by atoms with van der Waals surface area (Å²) in [6.45, 7) is 11.3. The van der Waals surface area contributed by atoms with Gasteiger partial charge in [0.2, 0.25) is 18.3 Å². The first-order valence-electron chi connectivity index (χ1n) is 26.1. The number of nitrogens with zero attached hydrogens (tertiary/aromatic N) is 2. The molecule has 4 heterocycles. The predicted octanol–water partition coefficient (Wildman–Crippen LogP) is 10.8. The highest BCUT2D eigenvalue weighted by molar-refractivity contribution is 5.91. The van der Waals surface area contributed by atoms with Gasteiger partial charge >= 0.3 is 23.9 Å². The number of aromatic amines is 1. The second-order valence-electron chi connectivity index (χ2n) is 20.1. The molecule has 1 aromatic heterocycles. The molecule has 0 amide bonds. The first-order chi connectivity index (χ1) is 36.5. The van der Waals surface area contributed by atoms with Crippen molar-refractivity contribution in [2.24, 2.45) is 5.41 Å². The van der Waals surface area contributed by atoms with Gasteiger partial charge in [-0.15, -0.1) is 29.9 Å². The van der Waals surface area contributed by atoms with Gasteiger partial charge in [-0.2, -0.15) is 0 Å². The summed E-state index contributed by atoms with van der Waals surface area (Å²) in [4.78, 5) is 58.7. The van der Waals surface area contributed by atoms with Crippen molar-refractivity contribution in [2.75, 3.05) is 39.3 Å². The number of benzene rings is 5. The van der Waals surface area contributed by atoms with Crippen LogP contribution < -0.4 is 10.1 Å². The smallest absolute Gasteiger partial charge is 0.338 e. The maximum absolute atomic E-state index is 14.2. The Balaban J connectivity index is 0.00000431. The second-order valence-corrected chi connectivity index (χ2v) is 20.1. The van der Waals surface area contributed by atoms with E-state index < -0.39 is 61.2 Å². The zero-order valence-electron chi connectivity index (χ0n) is 43.7. The van der Waals surface area contributed by atoms with Crippen LogP contribution in [0.4, 0.5) is 0 Å². The van der Waals surface area contributed by atoms with Crippen molar-refractivity contribution < 1.29 is 47.6 Å². The molecule has 0 radical (unpaired) electrons. The number of hydrogen-bond acceptors (Lipinski definition) is 13. The number of ether oxygens (including phenoxy) is 6. The molecule has 77 heavy (non-hydrogen) atoms. The van der Waals surface area contributed by atoms with Crippen LogP contribution in [0, 0.1) is 12.3 Å². The Labute approximate surface area is 463 Å². The first kappa shape index (κ1) is 57.9. The van der Waals surface area contributed by atoms with Crippen molar-refractivity contribution in [3.8, 4) is 5.88 Å². The van der Waals surface area contributed by atoms with E-state index in [1.165, 1.54) is 38.8 Å². The zero-order chi connectivity index (χ0) is 52.2. The summed E-state index contributed by atoms with van der Waals surface area (Å²) < 4.78 is 38.2. The third-order valence-corrected chi connectivity index (χ3v) is 14.5. The quantitative estimate of drug-likeness (QED) is 0.0617. The minimum Gasteiger partial charge on any atom is -0.459 e. The van der Waals surface area contributed by atoms with Crippen molar-refractivity contribution in [1.29, 1.82) is 0 Å². The Bertz CT molecular complexity index is 2890. The van der Waals surface area contributed by atoms with E-state index in [0.29, 0.717) is 11.8 Å². The molecular formula is C61H68Cl2N4O10. The van der Waals surface area contributed by atoms with Crippen LogP contribution in [0.3, 0.4) is 0 Å². The van der Waals surface area contributed by atoms with E-state index in [2.05, 4.69) is 57.7 Å². The third kappa shape index (κ3) is 14.8. The maximum atomic E-state index is 14.2. The molecule has 2 N–H and O–H groups in total. The summed E-state index contributed by atoms with van der Waals surface area (Å²) >= 11 is 0. The summed E-state index contributed by atoms with van der Waals surface area (Å²) in [6, 6.07) is 39.6.